The van der Waals surface area contributed by atoms with Crippen molar-refractivity contribution in [2.24, 2.45) is 7.05 Å². The summed E-state index contributed by atoms with van der Waals surface area (Å²) < 4.78 is 29.0. The van der Waals surface area contributed by atoms with Crippen LogP contribution in [-0.4, -0.2) is 66.2 Å². The maximum Gasteiger partial charge on any atom is 0.388 e. The van der Waals surface area contributed by atoms with Crippen LogP contribution in [0.3, 0.4) is 0 Å². The largest absolute Gasteiger partial charge is 0.417 e. The van der Waals surface area contributed by atoms with Gasteiger partial charge in [-0.25, -0.2) is 9.97 Å². The van der Waals surface area contributed by atoms with Crippen LogP contribution in [0.4, 0.5) is 14.6 Å². The number of carbonyl (C=O) groups excluding carboxylic acids is 1. The Morgan fingerprint density at radius 1 is 1.29 bits per heavy atom. The van der Waals surface area contributed by atoms with Crippen molar-refractivity contribution in [3.63, 3.8) is 0 Å². The molecule has 184 valence electrons. The minimum atomic E-state index is -2.94. The average molecular weight is 485 g/mol. The van der Waals surface area contributed by atoms with Crippen LogP contribution in [0.5, 0.6) is 5.88 Å². The Balaban J connectivity index is 1.28. The Hall–Kier alpha value is -3.70. The Labute approximate surface area is 200 Å². The van der Waals surface area contributed by atoms with E-state index in [0.717, 1.165) is 41.9 Å². The molecule has 12 heteroatoms. The van der Waals surface area contributed by atoms with Gasteiger partial charge in [0.1, 0.15) is 5.82 Å². The molecule has 5 heterocycles. The number of pyridine rings is 2. The number of hydrogen-bond acceptors (Lipinski definition) is 8. The van der Waals surface area contributed by atoms with Gasteiger partial charge in [0.05, 0.1) is 24.2 Å². The predicted octanol–water partition coefficient (Wildman–Crippen LogP) is 2.71. The van der Waals surface area contributed by atoms with E-state index >= 15 is 0 Å². The van der Waals surface area contributed by atoms with E-state index in [9.17, 15) is 13.6 Å². The first-order valence-electron chi connectivity index (χ1n) is 11.5. The van der Waals surface area contributed by atoms with E-state index in [0.29, 0.717) is 24.5 Å². The first kappa shape index (κ1) is 23.1. The maximum atomic E-state index is 13.2. The fourth-order valence-electron chi connectivity index (χ4n) is 4.84. The lowest BCUT2D eigenvalue weighted by atomic mass is 9.86. The van der Waals surface area contributed by atoms with Crippen molar-refractivity contribution >= 4 is 11.7 Å². The molecule has 5 rings (SSSR count). The van der Waals surface area contributed by atoms with Gasteiger partial charge in [0, 0.05) is 30.9 Å². The van der Waals surface area contributed by atoms with Crippen molar-refractivity contribution in [3.05, 3.63) is 41.2 Å². The van der Waals surface area contributed by atoms with Crippen molar-refractivity contribution in [2.45, 2.75) is 51.2 Å². The zero-order valence-electron chi connectivity index (χ0n) is 19.7. The van der Waals surface area contributed by atoms with Gasteiger partial charge in [-0.1, -0.05) is 6.07 Å². The summed E-state index contributed by atoms with van der Waals surface area (Å²) in [6.45, 7) is 1.99. The molecule has 0 aromatic carbocycles. The van der Waals surface area contributed by atoms with Crippen molar-refractivity contribution in [1.82, 2.24) is 35.1 Å². The van der Waals surface area contributed by atoms with E-state index in [-0.39, 0.29) is 17.3 Å². The molecule has 1 amide bonds. The number of rotatable bonds is 5. The Kier molecular flexibility index (Phi) is 5.81. The lowest BCUT2D eigenvalue weighted by molar-refractivity contribution is -0.131. The second kappa shape index (κ2) is 8.82. The van der Waals surface area contributed by atoms with Gasteiger partial charge in [-0.05, 0) is 55.5 Å². The van der Waals surface area contributed by atoms with Crippen LogP contribution in [0.25, 0.3) is 11.4 Å². The number of likely N-dealkylation sites (tertiary alicyclic amines) is 1. The van der Waals surface area contributed by atoms with Crippen LogP contribution in [0.15, 0.2) is 24.4 Å². The van der Waals surface area contributed by atoms with Crippen LogP contribution < -0.4 is 10.1 Å². The predicted molar refractivity (Wildman–Crippen MR) is 122 cm³/mol. The highest BCUT2D eigenvalue weighted by Gasteiger charge is 2.43. The number of halogens is 2. The highest BCUT2D eigenvalue weighted by molar-refractivity contribution is 5.84. The average Bonchev–Trinajstić information content (AvgIpc) is 3.44. The van der Waals surface area contributed by atoms with Gasteiger partial charge in [-0.15, -0.1) is 10.2 Å². The lowest BCUT2D eigenvalue weighted by Crippen LogP contribution is -2.46. The number of amides is 1. The first-order chi connectivity index (χ1) is 16.7. The number of fused-ring (bicyclic) bond motifs is 1. The van der Waals surface area contributed by atoms with Crippen LogP contribution >= 0.6 is 0 Å². The second-order valence-electron chi connectivity index (χ2n) is 9.18. The number of carbonyl (C=O) groups is 1. The van der Waals surface area contributed by atoms with E-state index in [2.05, 4.69) is 36.5 Å². The van der Waals surface area contributed by atoms with Gasteiger partial charge in [0.25, 0.3) is 0 Å². The normalized spacial score (nSPS) is 20.1. The monoisotopic (exact) mass is 484 g/mol. The Bertz CT molecular complexity index is 1250. The van der Waals surface area contributed by atoms with Crippen molar-refractivity contribution in [1.29, 1.82) is 0 Å². The molecule has 3 aromatic heterocycles. The van der Waals surface area contributed by atoms with Gasteiger partial charge in [0.2, 0.25) is 17.6 Å². The minimum absolute atomic E-state index is 0.0213. The van der Waals surface area contributed by atoms with E-state index in [4.69, 9.17) is 4.98 Å². The number of aryl methyl sites for hydroxylation is 3. The summed E-state index contributed by atoms with van der Waals surface area (Å²) in [4.78, 5) is 25.2. The number of nitrogens with zero attached hydrogens (tertiary/aromatic N) is 7. The third kappa shape index (κ3) is 4.52. The molecule has 2 aliphatic heterocycles. The molecule has 1 saturated heterocycles. The SMILES string of the molecule is Cc1nc2c(cc1-c1nnn(C)n1)CC[C@@]1(CCN(C(=O)C(C)c3ccc(OC(F)F)nc3)C1)N2. The Morgan fingerprint density at radius 3 is 2.80 bits per heavy atom. The number of nitrogens with one attached hydrogen (secondary N) is 1. The quantitative estimate of drug-likeness (QED) is 0.589. The highest BCUT2D eigenvalue weighted by atomic mass is 19.3. The number of anilines is 1. The maximum absolute atomic E-state index is 13.2. The molecule has 0 aliphatic carbocycles. The van der Waals surface area contributed by atoms with Crippen molar-refractivity contribution in [2.75, 3.05) is 18.4 Å². The van der Waals surface area contributed by atoms with Crippen LogP contribution in [-0.2, 0) is 18.3 Å². The molecule has 2 atom stereocenters. The summed E-state index contributed by atoms with van der Waals surface area (Å²) in [5, 5.41) is 15.9. The summed E-state index contributed by atoms with van der Waals surface area (Å²) in [6, 6.07) is 5.03. The molecule has 10 nitrogen and oxygen atoms in total. The molecule has 35 heavy (non-hydrogen) atoms. The molecule has 0 bridgehead atoms. The van der Waals surface area contributed by atoms with Crippen LogP contribution in [0, 0.1) is 6.92 Å². The molecular formula is C23H26F2N8O2. The first-order valence-corrected chi connectivity index (χ1v) is 11.5. The molecular weight excluding hydrogens is 458 g/mol. The molecule has 0 saturated carbocycles. The van der Waals surface area contributed by atoms with Gasteiger partial charge in [-0.2, -0.15) is 13.6 Å². The molecule has 1 N–H and O–H groups in total. The van der Waals surface area contributed by atoms with Crippen molar-refractivity contribution in [3.8, 4) is 17.3 Å². The summed E-state index contributed by atoms with van der Waals surface area (Å²) in [7, 11) is 1.73. The second-order valence-corrected chi connectivity index (χ2v) is 9.18. The Morgan fingerprint density at radius 2 is 2.11 bits per heavy atom. The number of aromatic nitrogens is 6. The minimum Gasteiger partial charge on any atom is -0.417 e. The molecule has 3 aromatic rings. The zero-order valence-corrected chi connectivity index (χ0v) is 19.7. The summed E-state index contributed by atoms with van der Waals surface area (Å²) >= 11 is 0. The molecule has 1 unspecified atom stereocenters. The topological polar surface area (TPSA) is 111 Å². The van der Waals surface area contributed by atoms with E-state index in [1.807, 2.05) is 11.8 Å². The molecule has 1 spiro atoms. The third-order valence-corrected chi connectivity index (χ3v) is 6.80. The smallest absolute Gasteiger partial charge is 0.388 e. The van der Waals surface area contributed by atoms with E-state index in [1.165, 1.54) is 17.1 Å². The van der Waals surface area contributed by atoms with Crippen molar-refractivity contribution < 1.29 is 18.3 Å². The molecule has 2 aliphatic rings. The summed E-state index contributed by atoms with van der Waals surface area (Å²) in [5.41, 5.74) is 3.19. The fourth-order valence-corrected chi connectivity index (χ4v) is 4.84. The van der Waals surface area contributed by atoms with Crippen LogP contribution in [0.2, 0.25) is 0 Å². The molecule has 0 radical (unpaired) electrons. The number of ether oxygens (including phenoxy) is 1. The van der Waals surface area contributed by atoms with Gasteiger partial charge in [-0.3, -0.25) is 4.79 Å². The fraction of sp³-hybridized carbons (Fsp3) is 0.478. The number of alkyl halides is 2. The number of hydrogen-bond donors (Lipinski definition) is 1. The highest BCUT2D eigenvalue weighted by Crippen LogP contribution is 2.38. The standard InChI is InChI=1S/C23H26F2N8O2/c1-13(16-4-5-18(26-11-16)35-22(24)25)21(34)33-9-8-23(12-33)7-6-15-10-17(14(2)27-19(15)28-23)20-29-31-32(3)30-20/h4-5,10-11,13,22H,6-9,12H2,1-3H3,(H,27,28)/t13?,23-/m0/s1. The molecule has 1 fully saturated rings. The zero-order chi connectivity index (χ0) is 24.7. The van der Waals surface area contributed by atoms with Gasteiger partial charge < -0.3 is 15.0 Å². The summed E-state index contributed by atoms with van der Waals surface area (Å²) in [6.07, 6.45) is 3.93. The third-order valence-electron chi connectivity index (χ3n) is 6.80. The number of tetrazole rings is 1. The van der Waals surface area contributed by atoms with Gasteiger partial charge >= 0.3 is 6.61 Å². The van der Waals surface area contributed by atoms with E-state index < -0.39 is 12.5 Å². The van der Waals surface area contributed by atoms with Gasteiger partial charge in [0.15, 0.2) is 0 Å². The lowest BCUT2D eigenvalue weighted by Gasteiger charge is -2.36. The summed E-state index contributed by atoms with van der Waals surface area (Å²) in [5.74, 6) is 0.747. The van der Waals surface area contributed by atoms with E-state index in [1.54, 1.807) is 20.0 Å². The van der Waals surface area contributed by atoms with Crippen LogP contribution in [0.1, 0.15) is 42.5 Å².